The first-order valence-corrected chi connectivity index (χ1v) is 5.67. The number of hydrogen-bond acceptors (Lipinski definition) is 4. The smallest absolute Gasteiger partial charge is 0.773 e. The third kappa shape index (κ3) is 524. The molecule has 0 rings (SSSR count). The van der Waals surface area contributed by atoms with Gasteiger partial charge in [-0.05, 0) is 6.26 Å². The summed E-state index contributed by atoms with van der Waals surface area (Å²) in [5.74, 6) is 0. The second-order valence-corrected chi connectivity index (χ2v) is 4.63. The van der Waals surface area contributed by atoms with E-state index < -0.39 is 20.9 Å². The van der Waals surface area contributed by atoms with E-state index in [4.69, 9.17) is 8.76 Å². The van der Waals surface area contributed by atoms with E-state index in [9.17, 15) is 8.42 Å². The molecule has 0 N–H and O–H groups in total. The van der Waals surface area contributed by atoms with Gasteiger partial charge in [-0.3, -0.25) is 4.21 Å². The van der Waals surface area contributed by atoms with E-state index in [0.717, 1.165) is 18.8 Å². The first-order valence-electron chi connectivity index (χ1n) is 1.89. The van der Waals surface area contributed by atoms with E-state index in [2.05, 4.69) is 0 Å². The second kappa shape index (κ2) is 8.16. The Bertz CT molecular complexity index is 161. The zero-order valence-electron chi connectivity index (χ0n) is 6.45. The molecule has 0 aromatic carbocycles. The van der Waals surface area contributed by atoms with Gasteiger partial charge in [0.05, 0.1) is 0 Å². The minimum atomic E-state index is -2.67. The third-order valence-corrected chi connectivity index (χ3v) is 0. The van der Waals surface area contributed by atoms with Crippen LogP contribution in [0.4, 0.5) is 0 Å². The van der Waals surface area contributed by atoms with Crippen LogP contribution >= 0.6 is 0 Å². The SMILES string of the molecule is CS(=O)[O-].CS(C)(=O)=O.[Na+]. The molecule has 0 aromatic heterocycles. The Kier molecular flexibility index (Phi) is 14.1. The van der Waals surface area contributed by atoms with Crippen LogP contribution in [0, 0.1) is 0 Å². The Morgan fingerprint density at radius 1 is 1.30 bits per heavy atom. The maximum atomic E-state index is 9.63. The van der Waals surface area contributed by atoms with Gasteiger partial charge in [0.15, 0.2) is 0 Å². The van der Waals surface area contributed by atoms with Gasteiger partial charge in [0.2, 0.25) is 0 Å². The van der Waals surface area contributed by atoms with Gasteiger partial charge in [-0.2, -0.15) is 0 Å². The van der Waals surface area contributed by atoms with Crippen LogP contribution in [0.2, 0.25) is 0 Å². The second-order valence-electron chi connectivity index (χ2n) is 1.54. The minimum absolute atomic E-state index is 0. The van der Waals surface area contributed by atoms with Gasteiger partial charge in [-0.25, -0.2) is 8.42 Å². The van der Waals surface area contributed by atoms with E-state index in [1.54, 1.807) is 0 Å². The quantitative estimate of drug-likeness (QED) is 0.294. The van der Waals surface area contributed by atoms with Crippen LogP contribution in [-0.2, 0) is 20.9 Å². The van der Waals surface area contributed by atoms with Crippen molar-refractivity contribution in [2.75, 3.05) is 18.8 Å². The average Bonchev–Trinajstić information content (AvgIpc) is 1.19. The summed E-state index contributed by atoms with van der Waals surface area (Å²) >= 11 is -1.86. The standard InChI is InChI=1S/C2H6O2S.CH4O2S.Na/c1-5(2,3)4;1-4(2)3;/h1-2H3;1H3,(H,2,3);/q;;+1/p-1. The van der Waals surface area contributed by atoms with Crippen molar-refractivity contribution in [2.24, 2.45) is 0 Å². The van der Waals surface area contributed by atoms with E-state index in [0.29, 0.717) is 0 Å². The fourth-order valence-electron chi connectivity index (χ4n) is 0. The summed E-state index contributed by atoms with van der Waals surface area (Å²) in [5, 5.41) is 0. The van der Waals surface area contributed by atoms with Crippen molar-refractivity contribution in [1.29, 1.82) is 0 Å². The van der Waals surface area contributed by atoms with Crippen molar-refractivity contribution in [3.63, 3.8) is 0 Å². The monoisotopic (exact) mass is 196 g/mol. The molecule has 4 nitrogen and oxygen atoms in total. The fraction of sp³-hybridized carbons (Fsp3) is 1.00. The molecular formula is C3H9NaO4S2. The van der Waals surface area contributed by atoms with Gasteiger partial charge >= 0.3 is 29.6 Å². The Morgan fingerprint density at radius 2 is 1.30 bits per heavy atom. The summed E-state index contributed by atoms with van der Waals surface area (Å²) in [6.45, 7) is 0. The molecule has 0 amide bonds. The first-order chi connectivity index (χ1) is 3.73. The summed E-state index contributed by atoms with van der Waals surface area (Å²) in [6.07, 6.45) is 3.40. The number of hydrogen-bond donors (Lipinski definition) is 0. The van der Waals surface area contributed by atoms with Crippen molar-refractivity contribution in [3.05, 3.63) is 0 Å². The molecule has 10 heavy (non-hydrogen) atoms. The maximum absolute atomic E-state index is 9.63. The molecule has 7 heteroatoms. The third-order valence-electron chi connectivity index (χ3n) is 0. The zero-order valence-corrected chi connectivity index (χ0v) is 10.1. The van der Waals surface area contributed by atoms with Crippen molar-refractivity contribution >= 4 is 20.9 Å². The normalized spacial score (nSPS) is 12.0. The number of rotatable bonds is 0. The van der Waals surface area contributed by atoms with Gasteiger partial charge < -0.3 is 4.55 Å². The van der Waals surface area contributed by atoms with Crippen molar-refractivity contribution in [1.82, 2.24) is 0 Å². The molecule has 1 atom stereocenters. The molecule has 0 aromatic rings. The van der Waals surface area contributed by atoms with E-state index in [1.165, 1.54) is 0 Å². The predicted molar refractivity (Wildman–Crippen MR) is 35.6 cm³/mol. The van der Waals surface area contributed by atoms with Gasteiger partial charge in [-0.15, -0.1) is 0 Å². The van der Waals surface area contributed by atoms with Crippen molar-refractivity contribution in [3.8, 4) is 0 Å². The Labute approximate surface area is 85.9 Å². The van der Waals surface area contributed by atoms with Gasteiger partial charge in [0.1, 0.15) is 9.84 Å². The van der Waals surface area contributed by atoms with E-state index in [-0.39, 0.29) is 29.6 Å². The minimum Gasteiger partial charge on any atom is -0.773 e. The van der Waals surface area contributed by atoms with E-state index >= 15 is 0 Å². The van der Waals surface area contributed by atoms with Crippen LogP contribution in [0.5, 0.6) is 0 Å². The summed E-state index contributed by atoms with van der Waals surface area (Å²) < 4.78 is 37.3. The summed E-state index contributed by atoms with van der Waals surface area (Å²) in [6, 6.07) is 0. The van der Waals surface area contributed by atoms with Crippen molar-refractivity contribution < 1.29 is 46.7 Å². The van der Waals surface area contributed by atoms with E-state index in [1.807, 2.05) is 0 Å². The zero-order chi connectivity index (χ0) is 8.08. The van der Waals surface area contributed by atoms with Gasteiger partial charge in [-0.1, -0.05) is 11.1 Å². The Morgan fingerprint density at radius 3 is 1.30 bits per heavy atom. The summed E-state index contributed by atoms with van der Waals surface area (Å²) in [7, 11) is -2.67. The molecule has 0 aliphatic heterocycles. The molecule has 0 aliphatic carbocycles. The largest absolute Gasteiger partial charge is 1.00 e. The van der Waals surface area contributed by atoms with Gasteiger partial charge in [0, 0.05) is 12.5 Å². The van der Waals surface area contributed by atoms with Crippen LogP contribution in [0.3, 0.4) is 0 Å². The van der Waals surface area contributed by atoms with Crippen LogP contribution < -0.4 is 29.6 Å². The maximum Gasteiger partial charge on any atom is 1.00 e. The molecule has 0 saturated heterocycles. The molecule has 0 fully saturated rings. The van der Waals surface area contributed by atoms with Gasteiger partial charge in [0.25, 0.3) is 0 Å². The molecule has 58 valence electrons. The molecule has 0 spiro atoms. The molecule has 0 aliphatic rings. The molecule has 0 radical (unpaired) electrons. The summed E-state index contributed by atoms with van der Waals surface area (Å²) in [4.78, 5) is 0. The van der Waals surface area contributed by atoms with Crippen molar-refractivity contribution in [2.45, 2.75) is 0 Å². The summed E-state index contributed by atoms with van der Waals surface area (Å²) in [5.41, 5.74) is 0. The Hall–Kier alpha value is 1.06. The first kappa shape index (κ1) is 17.2. The van der Waals surface area contributed by atoms with Crippen LogP contribution in [0.25, 0.3) is 0 Å². The molecule has 0 heterocycles. The topological polar surface area (TPSA) is 74.3 Å². The molecule has 1 unspecified atom stereocenters. The Balaban J connectivity index is -0.0000000910. The molecule has 0 saturated carbocycles. The number of sulfone groups is 1. The van der Waals surface area contributed by atoms with Crippen LogP contribution in [0.15, 0.2) is 0 Å². The van der Waals surface area contributed by atoms with Crippen LogP contribution in [-0.4, -0.2) is 35.9 Å². The van der Waals surface area contributed by atoms with Crippen LogP contribution in [0.1, 0.15) is 0 Å². The molecular weight excluding hydrogens is 187 g/mol. The average molecular weight is 196 g/mol. The fourth-order valence-corrected chi connectivity index (χ4v) is 0. The molecule has 0 bridgehead atoms. The predicted octanol–water partition coefficient (Wildman–Crippen LogP) is -3.84.